The molecule has 0 radical (unpaired) electrons. The summed E-state index contributed by atoms with van der Waals surface area (Å²) in [6.07, 6.45) is 1.09. The molecule has 8 heteroatoms. The highest BCUT2D eigenvalue weighted by Crippen LogP contribution is 2.29. The first kappa shape index (κ1) is 16.0. The normalized spacial score (nSPS) is 11.2. The highest BCUT2D eigenvalue weighted by atomic mass is 32.2. The molecule has 0 saturated heterocycles. The summed E-state index contributed by atoms with van der Waals surface area (Å²) in [5.74, 6) is 1.31. The Morgan fingerprint density at radius 3 is 2.67 bits per heavy atom. The number of hydrogen-bond acceptors (Lipinski definition) is 6. The Morgan fingerprint density at radius 1 is 1.12 bits per heavy atom. The average Bonchev–Trinajstić information content (AvgIpc) is 3.03. The number of ether oxygens (including phenoxy) is 1. The van der Waals surface area contributed by atoms with Crippen LogP contribution in [0.5, 0.6) is 5.75 Å². The van der Waals surface area contributed by atoms with Gasteiger partial charge >= 0.3 is 0 Å². The summed E-state index contributed by atoms with van der Waals surface area (Å²) in [5, 5.41) is 3.97. The molecule has 0 bridgehead atoms. The summed E-state index contributed by atoms with van der Waals surface area (Å²) in [7, 11) is -1.79. The number of benzene rings is 2. The zero-order valence-electron chi connectivity index (χ0n) is 13.1. The molecule has 1 aromatic heterocycles. The van der Waals surface area contributed by atoms with Crippen LogP contribution in [0.1, 0.15) is 0 Å². The highest BCUT2D eigenvalue weighted by Gasteiger charge is 2.14. The highest BCUT2D eigenvalue weighted by molar-refractivity contribution is 7.92. The number of para-hydroxylation sites is 1. The maximum Gasteiger partial charge on any atom is 0.258 e. The van der Waals surface area contributed by atoms with Crippen LogP contribution in [0.3, 0.4) is 0 Å². The van der Waals surface area contributed by atoms with Gasteiger partial charge in [0.15, 0.2) is 0 Å². The van der Waals surface area contributed by atoms with E-state index in [0.29, 0.717) is 28.4 Å². The van der Waals surface area contributed by atoms with Crippen LogP contribution in [-0.2, 0) is 10.0 Å². The van der Waals surface area contributed by atoms with Crippen molar-refractivity contribution in [3.8, 4) is 28.6 Å². The van der Waals surface area contributed by atoms with E-state index in [1.807, 2.05) is 24.3 Å². The predicted octanol–water partition coefficient (Wildman–Crippen LogP) is 2.78. The number of aromatic nitrogens is 2. The molecule has 0 spiro atoms. The Labute approximate surface area is 139 Å². The molecule has 2 aromatic carbocycles. The molecule has 24 heavy (non-hydrogen) atoms. The summed E-state index contributed by atoms with van der Waals surface area (Å²) in [5.41, 5.74) is 1.74. The van der Waals surface area contributed by atoms with Crippen LogP contribution in [0.25, 0.3) is 22.8 Å². The second-order valence-electron chi connectivity index (χ2n) is 5.08. The van der Waals surface area contributed by atoms with Crippen molar-refractivity contribution < 1.29 is 17.7 Å². The molecule has 124 valence electrons. The van der Waals surface area contributed by atoms with Gasteiger partial charge in [-0.25, -0.2) is 8.42 Å². The maximum absolute atomic E-state index is 11.3. The first-order valence-corrected chi connectivity index (χ1v) is 8.91. The van der Waals surface area contributed by atoms with E-state index in [-0.39, 0.29) is 5.89 Å². The van der Waals surface area contributed by atoms with E-state index in [9.17, 15) is 8.42 Å². The van der Waals surface area contributed by atoms with E-state index < -0.39 is 10.0 Å². The fourth-order valence-corrected chi connectivity index (χ4v) is 2.76. The lowest BCUT2D eigenvalue weighted by Gasteiger charge is -2.04. The van der Waals surface area contributed by atoms with Crippen LogP contribution < -0.4 is 9.46 Å². The molecule has 1 heterocycles. The summed E-state index contributed by atoms with van der Waals surface area (Å²) >= 11 is 0. The van der Waals surface area contributed by atoms with Crippen molar-refractivity contribution >= 4 is 15.7 Å². The lowest BCUT2D eigenvalue weighted by atomic mass is 10.2. The smallest absolute Gasteiger partial charge is 0.258 e. The Kier molecular flexibility index (Phi) is 4.22. The molecule has 0 aliphatic carbocycles. The SMILES string of the molecule is COc1ccccc1-c1noc(-c2cccc(NS(C)(=O)=O)c2)n1. The van der Waals surface area contributed by atoms with Gasteiger partial charge in [-0.05, 0) is 30.3 Å². The number of hydrogen-bond donors (Lipinski definition) is 1. The van der Waals surface area contributed by atoms with Gasteiger partial charge in [0.25, 0.3) is 5.89 Å². The Bertz CT molecular complexity index is 967. The van der Waals surface area contributed by atoms with Crippen LogP contribution in [0, 0.1) is 0 Å². The second-order valence-corrected chi connectivity index (χ2v) is 6.83. The molecular formula is C16H15N3O4S. The summed E-state index contributed by atoms with van der Waals surface area (Å²) < 4.78 is 35.7. The largest absolute Gasteiger partial charge is 0.496 e. The Hall–Kier alpha value is -2.87. The van der Waals surface area contributed by atoms with Crippen molar-refractivity contribution in [3.05, 3.63) is 48.5 Å². The first-order chi connectivity index (χ1) is 11.5. The monoisotopic (exact) mass is 345 g/mol. The summed E-state index contributed by atoms with van der Waals surface area (Å²) in [6.45, 7) is 0. The number of sulfonamides is 1. The zero-order valence-corrected chi connectivity index (χ0v) is 13.9. The molecular weight excluding hydrogens is 330 g/mol. The molecule has 0 atom stereocenters. The minimum Gasteiger partial charge on any atom is -0.496 e. The number of nitrogens with zero attached hydrogens (tertiary/aromatic N) is 2. The van der Waals surface area contributed by atoms with Gasteiger partial charge in [0.05, 0.1) is 18.9 Å². The first-order valence-electron chi connectivity index (χ1n) is 7.01. The third kappa shape index (κ3) is 3.54. The van der Waals surface area contributed by atoms with E-state index >= 15 is 0 Å². The fourth-order valence-electron chi connectivity index (χ4n) is 2.21. The van der Waals surface area contributed by atoms with Crippen molar-refractivity contribution in [3.63, 3.8) is 0 Å². The van der Waals surface area contributed by atoms with Gasteiger partial charge in [0, 0.05) is 11.3 Å². The molecule has 0 fully saturated rings. The van der Waals surface area contributed by atoms with E-state index in [4.69, 9.17) is 9.26 Å². The van der Waals surface area contributed by atoms with Crippen molar-refractivity contribution in [1.29, 1.82) is 0 Å². The summed E-state index contributed by atoms with van der Waals surface area (Å²) in [4.78, 5) is 4.36. The van der Waals surface area contributed by atoms with Gasteiger partial charge in [-0.3, -0.25) is 4.72 Å². The van der Waals surface area contributed by atoms with Gasteiger partial charge in [0.1, 0.15) is 5.75 Å². The van der Waals surface area contributed by atoms with Crippen LogP contribution in [0.2, 0.25) is 0 Å². The van der Waals surface area contributed by atoms with E-state index in [2.05, 4.69) is 14.9 Å². The van der Waals surface area contributed by atoms with Crippen LogP contribution in [0.4, 0.5) is 5.69 Å². The average molecular weight is 345 g/mol. The quantitative estimate of drug-likeness (QED) is 0.764. The molecule has 0 unspecified atom stereocenters. The topological polar surface area (TPSA) is 94.3 Å². The van der Waals surface area contributed by atoms with Crippen LogP contribution >= 0.6 is 0 Å². The number of rotatable bonds is 5. The van der Waals surface area contributed by atoms with Crippen molar-refractivity contribution in [2.24, 2.45) is 0 Å². The fraction of sp³-hybridized carbons (Fsp3) is 0.125. The van der Waals surface area contributed by atoms with E-state index in [0.717, 1.165) is 6.26 Å². The molecule has 3 aromatic rings. The minimum absolute atomic E-state index is 0.285. The number of nitrogens with one attached hydrogen (secondary N) is 1. The van der Waals surface area contributed by atoms with Crippen molar-refractivity contribution in [2.75, 3.05) is 18.1 Å². The molecule has 0 saturated carbocycles. The standard InChI is InChI=1S/C16H15N3O4S/c1-22-14-9-4-3-8-13(14)15-17-16(23-18-15)11-6-5-7-12(10-11)19-24(2,20)21/h3-10,19H,1-2H3. The van der Waals surface area contributed by atoms with E-state index in [1.165, 1.54) is 0 Å². The van der Waals surface area contributed by atoms with Crippen molar-refractivity contribution in [2.45, 2.75) is 0 Å². The number of methoxy groups -OCH3 is 1. The number of anilines is 1. The molecule has 7 nitrogen and oxygen atoms in total. The second kappa shape index (κ2) is 6.32. The molecule has 0 amide bonds. The van der Waals surface area contributed by atoms with Gasteiger partial charge in [-0.15, -0.1) is 0 Å². The molecule has 3 rings (SSSR count). The van der Waals surface area contributed by atoms with Gasteiger partial charge in [-0.1, -0.05) is 23.4 Å². The van der Waals surface area contributed by atoms with Crippen LogP contribution in [0.15, 0.2) is 53.1 Å². The molecule has 0 aliphatic heterocycles. The maximum atomic E-state index is 11.3. The van der Waals surface area contributed by atoms with Gasteiger partial charge in [0.2, 0.25) is 15.8 Å². The Balaban J connectivity index is 1.95. The molecule has 1 N–H and O–H groups in total. The van der Waals surface area contributed by atoms with E-state index in [1.54, 1.807) is 31.4 Å². The Morgan fingerprint density at radius 2 is 1.92 bits per heavy atom. The lowest BCUT2D eigenvalue weighted by Crippen LogP contribution is -2.09. The minimum atomic E-state index is -3.36. The van der Waals surface area contributed by atoms with Gasteiger partial charge in [-0.2, -0.15) is 4.98 Å². The predicted molar refractivity (Wildman–Crippen MR) is 90.2 cm³/mol. The molecule has 0 aliphatic rings. The zero-order chi connectivity index (χ0) is 17.2. The van der Waals surface area contributed by atoms with Crippen LogP contribution in [-0.4, -0.2) is 31.9 Å². The third-order valence-corrected chi connectivity index (χ3v) is 3.79. The van der Waals surface area contributed by atoms with Gasteiger partial charge < -0.3 is 9.26 Å². The summed E-state index contributed by atoms with van der Waals surface area (Å²) in [6, 6.07) is 14.1. The van der Waals surface area contributed by atoms with Crippen molar-refractivity contribution in [1.82, 2.24) is 10.1 Å². The third-order valence-electron chi connectivity index (χ3n) is 3.19. The lowest BCUT2D eigenvalue weighted by molar-refractivity contribution is 0.413.